The maximum Gasteiger partial charge on any atom is 0.261 e. The van der Waals surface area contributed by atoms with Crippen LogP contribution >= 0.6 is 0 Å². The van der Waals surface area contributed by atoms with Gasteiger partial charge in [-0.15, -0.1) is 0 Å². The Morgan fingerprint density at radius 2 is 1.56 bits per heavy atom. The van der Waals surface area contributed by atoms with Crippen LogP contribution in [-0.4, -0.2) is 57.7 Å². The van der Waals surface area contributed by atoms with Gasteiger partial charge in [-0.2, -0.15) is 0 Å². The minimum absolute atomic E-state index is 0.195. The van der Waals surface area contributed by atoms with Crippen LogP contribution in [0.15, 0.2) is 104 Å². The first-order chi connectivity index (χ1) is 20.8. The number of fused-ring (bicyclic) bond motifs is 1. The van der Waals surface area contributed by atoms with E-state index < -0.39 is 26.8 Å². The fourth-order valence-corrected chi connectivity index (χ4v) is 10.7. The molecule has 2 N–H and O–H groups in total. The van der Waals surface area contributed by atoms with Gasteiger partial charge in [0.15, 0.2) is 17.0 Å². The summed E-state index contributed by atoms with van der Waals surface area (Å²) in [5, 5.41) is 15.4. The minimum atomic E-state index is -2.89. The first-order valence-electron chi connectivity index (χ1n) is 14.4. The highest BCUT2D eigenvalue weighted by Gasteiger charge is 2.53. The zero-order valence-corrected chi connectivity index (χ0v) is 25.4. The molecule has 2 aromatic heterocycles. The number of benzene rings is 3. The molecule has 3 heterocycles. The van der Waals surface area contributed by atoms with Crippen LogP contribution in [0.1, 0.15) is 43.8 Å². The molecule has 43 heavy (non-hydrogen) atoms. The summed E-state index contributed by atoms with van der Waals surface area (Å²) in [7, 11) is -2.89. The van der Waals surface area contributed by atoms with Crippen molar-refractivity contribution in [2.24, 2.45) is 0 Å². The number of amides is 1. The zero-order valence-electron chi connectivity index (χ0n) is 24.4. The highest BCUT2D eigenvalue weighted by molar-refractivity contribution is 6.99. The quantitative estimate of drug-likeness (QED) is 0.258. The molecule has 1 saturated heterocycles. The predicted molar refractivity (Wildman–Crippen MR) is 168 cm³/mol. The molecule has 0 unspecified atom stereocenters. The summed E-state index contributed by atoms with van der Waals surface area (Å²) in [5.41, 5.74) is 1.49. The second-order valence-corrected chi connectivity index (χ2v) is 16.0. The molecule has 9 nitrogen and oxygen atoms in total. The Hall–Kier alpha value is -4.22. The second-order valence-electron chi connectivity index (χ2n) is 11.7. The summed E-state index contributed by atoms with van der Waals surface area (Å²) < 4.78 is 15.6. The topological polar surface area (TPSA) is 111 Å². The number of ether oxygens (including phenoxy) is 1. The van der Waals surface area contributed by atoms with E-state index in [0.29, 0.717) is 29.0 Å². The molecule has 3 aromatic carbocycles. The minimum Gasteiger partial charge on any atom is -0.402 e. The highest BCUT2D eigenvalue weighted by atomic mass is 28.4. The Labute approximate surface area is 251 Å². The van der Waals surface area contributed by atoms with E-state index in [1.807, 2.05) is 22.8 Å². The van der Waals surface area contributed by atoms with Crippen molar-refractivity contribution in [1.29, 1.82) is 0 Å². The van der Waals surface area contributed by atoms with Gasteiger partial charge >= 0.3 is 0 Å². The van der Waals surface area contributed by atoms with E-state index in [1.165, 1.54) is 6.33 Å². The molecular formula is C33H35N5O4Si. The normalized spacial score (nSPS) is 19.0. The van der Waals surface area contributed by atoms with E-state index in [2.05, 4.69) is 89.6 Å². The van der Waals surface area contributed by atoms with Crippen molar-refractivity contribution >= 4 is 41.6 Å². The van der Waals surface area contributed by atoms with Crippen molar-refractivity contribution in [1.82, 2.24) is 19.5 Å². The number of nitrogens with one attached hydrogen (secondary N) is 1. The molecule has 1 aliphatic rings. The lowest BCUT2D eigenvalue weighted by molar-refractivity contribution is -0.0405. The zero-order chi connectivity index (χ0) is 30.0. The number of aromatic nitrogens is 4. The Balaban J connectivity index is 1.33. The van der Waals surface area contributed by atoms with E-state index in [0.717, 1.165) is 10.4 Å². The van der Waals surface area contributed by atoms with Crippen LogP contribution in [0.5, 0.6) is 0 Å². The number of anilines is 1. The summed E-state index contributed by atoms with van der Waals surface area (Å²) in [6.45, 7) is 6.49. The molecule has 0 aliphatic carbocycles. The molecule has 220 valence electrons. The third-order valence-electron chi connectivity index (χ3n) is 8.04. The summed E-state index contributed by atoms with van der Waals surface area (Å²) in [4.78, 5) is 26.1. The van der Waals surface area contributed by atoms with Gasteiger partial charge in [-0.25, -0.2) is 15.0 Å². The predicted octanol–water partition coefficient (Wildman–Crippen LogP) is 4.30. The molecule has 0 radical (unpaired) electrons. The number of carbonyl (C=O) groups is 1. The second kappa shape index (κ2) is 11.8. The van der Waals surface area contributed by atoms with Crippen LogP contribution in [0, 0.1) is 0 Å². The monoisotopic (exact) mass is 593 g/mol. The SMILES string of the molecule is CC(C)(C)[Si](O[C@H]1C[C@H](n2cnc3c(NC(=O)c4ccccc4)ncnc32)O[C@@H]1CO)(c1ccccc1)c1ccccc1. The van der Waals surface area contributed by atoms with Gasteiger partial charge < -0.3 is 19.6 Å². The van der Waals surface area contributed by atoms with Crippen molar-refractivity contribution in [2.75, 3.05) is 11.9 Å². The van der Waals surface area contributed by atoms with Crippen molar-refractivity contribution in [2.45, 2.75) is 50.7 Å². The number of hydrogen-bond acceptors (Lipinski definition) is 7. The number of hydrogen-bond donors (Lipinski definition) is 2. The average Bonchev–Trinajstić information content (AvgIpc) is 3.65. The van der Waals surface area contributed by atoms with Gasteiger partial charge in [-0.1, -0.05) is 99.6 Å². The summed E-state index contributed by atoms with van der Waals surface area (Å²) in [5.74, 6) is 0.0285. The number of rotatable bonds is 8. The van der Waals surface area contributed by atoms with E-state index in [4.69, 9.17) is 9.16 Å². The van der Waals surface area contributed by atoms with Crippen LogP contribution in [-0.2, 0) is 9.16 Å². The average molecular weight is 594 g/mol. The fraction of sp³-hybridized carbons (Fsp3) is 0.273. The van der Waals surface area contributed by atoms with E-state index >= 15 is 0 Å². The number of nitrogens with zero attached hydrogens (tertiary/aromatic N) is 4. The van der Waals surface area contributed by atoms with Gasteiger partial charge in [0.2, 0.25) is 0 Å². The van der Waals surface area contributed by atoms with Crippen LogP contribution in [0.4, 0.5) is 5.82 Å². The van der Waals surface area contributed by atoms with Crippen molar-refractivity contribution in [3.63, 3.8) is 0 Å². The maximum atomic E-state index is 12.8. The maximum absolute atomic E-state index is 12.8. The van der Waals surface area contributed by atoms with Gasteiger partial charge in [0, 0.05) is 12.0 Å². The molecule has 3 atom stereocenters. The van der Waals surface area contributed by atoms with Crippen LogP contribution < -0.4 is 15.7 Å². The summed E-state index contributed by atoms with van der Waals surface area (Å²) in [6.07, 6.45) is 2.09. The Morgan fingerprint density at radius 3 is 2.14 bits per heavy atom. The first-order valence-corrected chi connectivity index (χ1v) is 16.3. The van der Waals surface area contributed by atoms with Crippen molar-refractivity contribution in [3.8, 4) is 0 Å². The van der Waals surface area contributed by atoms with Gasteiger partial charge in [0.05, 0.1) is 19.0 Å². The molecule has 5 aromatic rings. The third-order valence-corrected chi connectivity index (χ3v) is 13.1. The molecule has 1 amide bonds. The van der Waals surface area contributed by atoms with Crippen LogP contribution in [0.3, 0.4) is 0 Å². The molecule has 10 heteroatoms. The van der Waals surface area contributed by atoms with Crippen LogP contribution in [0.25, 0.3) is 11.2 Å². The molecule has 0 saturated carbocycles. The van der Waals surface area contributed by atoms with E-state index in [-0.39, 0.29) is 17.6 Å². The lowest BCUT2D eigenvalue weighted by Gasteiger charge is -2.45. The lowest BCUT2D eigenvalue weighted by atomic mass is 10.2. The Bertz CT molecular complexity index is 1650. The van der Waals surface area contributed by atoms with Gasteiger partial charge in [0.25, 0.3) is 14.2 Å². The number of imidazole rings is 1. The molecular weight excluding hydrogens is 558 g/mol. The summed E-state index contributed by atoms with van der Waals surface area (Å²) >= 11 is 0. The number of carbonyl (C=O) groups excluding carboxylic acids is 1. The van der Waals surface area contributed by atoms with Crippen molar-refractivity contribution < 1.29 is 19.1 Å². The first kappa shape index (κ1) is 28.9. The molecule has 1 aliphatic heterocycles. The molecule has 1 fully saturated rings. The largest absolute Gasteiger partial charge is 0.402 e. The van der Waals surface area contributed by atoms with Gasteiger partial charge in [-0.05, 0) is 27.5 Å². The van der Waals surface area contributed by atoms with E-state index in [9.17, 15) is 9.90 Å². The third kappa shape index (κ3) is 5.38. The molecule has 0 bridgehead atoms. The highest BCUT2D eigenvalue weighted by Crippen LogP contribution is 2.41. The fourth-order valence-electron chi connectivity index (χ4n) is 6.00. The molecule has 6 rings (SSSR count). The van der Waals surface area contributed by atoms with Crippen molar-refractivity contribution in [3.05, 3.63) is 109 Å². The van der Waals surface area contributed by atoms with Crippen LogP contribution in [0.2, 0.25) is 5.04 Å². The Kier molecular flexibility index (Phi) is 7.93. The van der Waals surface area contributed by atoms with E-state index in [1.54, 1.807) is 30.6 Å². The Morgan fingerprint density at radius 1 is 0.953 bits per heavy atom. The van der Waals surface area contributed by atoms with Gasteiger partial charge in [-0.3, -0.25) is 9.36 Å². The lowest BCUT2D eigenvalue weighted by Crippen LogP contribution is -2.68. The molecule has 0 spiro atoms. The summed E-state index contributed by atoms with van der Waals surface area (Å²) in [6, 6.07) is 29.8. The number of aliphatic hydroxyl groups excluding tert-OH is 1. The smallest absolute Gasteiger partial charge is 0.261 e. The van der Waals surface area contributed by atoms with Gasteiger partial charge in [0.1, 0.15) is 18.7 Å². The number of aliphatic hydroxyl groups is 1. The standard InChI is InChI=1S/C33H35N5O4Si/c1-33(2,3)43(24-15-9-5-10-16-24,25-17-11-6-12-18-25)42-26-19-28(41-27(26)20-39)38-22-36-29-30(34-21-35-31(29)38)37-32(40)23-13-7-4-8-14-23/h4-18,21-22,26-28,39H,19-20H2,1-3H3,(H,34,35,37,40)/t26-,27+,28+/m0/s1.